The van der Waals surface area contributed by atoms with Gasteiger partial charge in [0.1, 0.15) is 0 Å². The molecule has 0 fully saturated rings. The molecule has 3 aromatic rings. The van der Waals surface area contributed by atoms with Gasteiger partial charge in [-0.15, -0.1) is 0 Å². The van der Waals surface area contributed by atoms with Crippen molar-refractivity contribution < 1.29 is 4.79 Å². The van der Waals surface area contributed by atoms with Crippen molar-refractivity contribution >= 4 is 16.7 Å². The summed E-state index contributed by atoms with van der Waals surface area (Å²) in [6, 6.07) is 17.2. The third-order valence-corrected chi connectivity index (χ3v) is 5.03. The molecule has 0 aliphatic rings. The van der Waals surface area contributed by atoms with Crippen LogP contribution in [0.5, 0.6) is 0 Å². The molecular formula is C23H26N2O2. The van der Waals surface area contributed by atoms with E-state index in [-0.39, 0.29) is 23.6 Å². The number of nitrogens with one attached hydrogen (secondary N) is 1. The van der Waals surface area contributed by atoms with Crippen LogP contribution in [0.2, 0.25) is 0 Å². The van der Waals surface area contributed by atoms with Gasteiger partial charge in [0.25, 0.3) is 11.5 Å². The van der Waals surface area contributed by atoms with Crippen LogP contribution in [0, 0.1) is 6.92 Å². The molecule has 1 unspecified atom stereocenters. The highest BCUT2D eigenvalue weighted by Gasteiger charge is 2.22. The normalized spacial score (nSPS) is 12.3. The average molecular weight is 362 g/mol. The Balaban J connectivity index is 2.13. The highest BCUT2D eigenvalue weighted by atomic mass is 16.2. The summed E-state index contributed by atoms with van der Waals surface area (Å²) in [5.74, 6) is -0.145. The number of pyridine rings is 1. The third kappa shape index (κ3) is 3.52. The number of amides is 1. The molecule has 140 valence electrons. The van der Waals surface area contributed by atoms with E-state index < -0.39 is 0 Å². The average Bonchev–Trinajstić information content (AvgIpc) is 2.66. The van der Waals surface area contributed by atoms with Gasteiger partial charge in [0.05, 0.1) is 11.6 Å². The van der Waals surface area contributed by atoms with E-state index in [0.29, 0.717) is 22.0 Å². The van der Waals surface area contributed by atoms with Gasteiger partial charge in [-0.1, -0.05) is 55.5 Å². The van der Waals surface area contributed by atoms with Crippen molar-refractivity contribution in [2.24, 2.45) is 0 Å². The van der Waals surface area contributed by atoms with Gasteiger partial charge in [0, 0.05) is 22.5 Å². The van der Waals surface area contributed by atoms with Crippen molar-refractivity contribution in [3.05, 3.63) is 81.8 Å². The van der Waals surface area contributed by atoms with Crippen molar-refractivity contribution in [1.82, 2.24) is 9.88 Å². The quantitative estimate of drug-likeness (QED) is 0.711. The number of carbonyl (C=O) groups is 1. The van der Waals surface area contributed by atoms with E-state index in [4.69, 9.17) is 0 Å². The Morgan fingerprint density at radius 3 is 2.19 bits per heavy atom. The second-order valence-electron chi connectivity index (χ2n) is 7.12. The molecule has 0 spiro atoms. The lowest BCUT2D eigenvalue weighted by Gasteiger charge is -2.22. The first-order chi connectivity index (χ1) is 13.0. The molecular weight excluding hydrogens is 336 g/mol. The van der Waals surface area contributed by atoms with Crippen LogP contribution in [0.4, 0.5) is 0 Å². The molecule has 0 bridgehead atoms. The first-order valence-corrected chi connectivity index (χ1v) is 9.45. The maximum Gasteiger partial charge on any atom is 0.258 e. The first-order valence-electron chi connectivity index (χ1n) is 9.45. The third-order valence-electron chi connectivity index (χ3n) is 5.03. The summed E-state index contributed by atoms with van der Waals surface area (Å²) in [6.45, 7) is 7.83. The molecule has 0 radical (unpaired) electrons. The molecule has 4 nitrogen and oxygen atoms in total. The van der Waals surface area contributed by atoms with Crippen LogP contribution in [0.1, 0.15) is 60.9 Å². The number of hydrogen-bond acceptors (Lipinski definition) is 2. The lowest BCUT2D eigenvalue weighted by molar-refractivity contribution is 0.0935. The van der Waals surface area contributed by atoms with E-state index in [1.165, 1.54) is 0 Å². The summed E-state index contributed by atoms with van der Waals surface area (Å²) in [7, 11) is 0. The van der Waals surface area contributed by atoms with E-state index in [0.717, 1.165) is 12.0 Å². The first kappa shape index (κ1) is 18.9. The number of nitrogens with zero attached hydrogens (tertiary/aromatic N) is 1. The number of hydrogen-bond donors (Lipinski definition) is 1. The van der Waals surface area contributed by atoms with Crippen LogP contribution in [0.3, 0.4) is 0 Å². The Kier molecular flexibility index (Phi) is 5.45. The van der Waals surface area contributed by atoms with E-state index >= 15 is 0 Å². The van der Waals surface area contributed by atoms with Crippen molar-refractivity contribution in [3.8, 4) is 0 Å². The molecule has 0 saturated carbocycles. The molecule has 1 aromatic heterocycles. The van der Waals surface area contributed by atoms with Gasteiger partial charge >= 0.3 is 0 Å². The summed E-state index contributed by atoms with van der Waals surface area (Å²) in [5.41, 5.74) is 2.31. The van der Waals surface area contributed by atoms with Crippen LogP contribution in [-0.2, 0) is 0 Å². The van der Waals surface area contributed by atoms with E-state index in [9.17, 15) is 9.59 Å². The van der Waals surface area contributed by atoms with Crippen molar-refractivity contribution in [3.63, 3.8) is 0 Å². The highest BCUT2D eigenvalue weighted by Crippen LogP contribution is 2.23. The molecule has 1 amide bonds. The van der Waals surface area contributed by atoms with E-state index in [1.54, 1.807) is 10.6 Å². The molecule has 1 atom stereocenters. The van der Waals surface area contributed by atoms with Crippen LogP contribution in [0.25, 0.3) is 10.8 Å². The van der Waals surface area contributed by atoms with E-state index in [2.05, 4.69) is 12.2 Å². The minimum atomic E-state index is -0.145. The maximum absolute atomic E-state index is 13.3. The van der Waals surface area contributed by atoms with Crippen LogP contribution in [-0.4, -0.2) is 10.5 Å². The van der Waals surface area contributed by atoms with Crippen LogP contribution < -0.4 is 10.9 Å². The van der Waals surface area contributed by atoms with Gasteiger partial charge in [-0.3, -0.25) is 9.59 Å². The Bertz CT molecular complexity index is 1020. The van der Waals surface area contributed by atoms with Crippen molar-refractivity contribution in [2.45, 2.75) is 46.2 Å². The number of carbonyl (C=O) groups excluding carboxylic acids is 1. The minimum absolute atomic E-state index is 0.0234. The SMILES string of the molecule is CCC(NC(=O)c1c(C)n(C(C)C)c(=O)c2ccccc12)c1ccccc1. The molecule has 1 heterocycles. The van der Waals surface area contributed by atoms with Gasteiger partial charge in [-0.2, -0.15) is 0 Å². The smallest absolute Gasteiger partial charge is 0.258 e. The zero-order chi connectivity index (χ0) is 19.6. The van der Waals surface area contributed by atoms with E-state index in [1.807, 2.05) is 69.3 Å². The maximum atomic E-state index is 13.3. The van der Waals surface area contributed by atoms with Gasteiger partial charge in [-0.25, -0.2) is 0 Å². The summed E-state index contributed by atoms with van der Waals surface area (Å²) in [4.78, 5) is 26.2. The number of rotatable bonds is 5. The summed E-state index contributed by atoms with van der Waals surface area (Å²) in [6.07, 6.45) is 0.788. The molecule has 2 aromatic carbocycles. The largest absolute Gasteiger partial charge is 0.345 e. The fraction of sp³-hybridized carbons (Fsp3) is 0.304. The molecule has 0 aliphatic carbocycles. The fourth-order valence-electron chi connectivity index (χ4n) is 3.73. The predicted molar refractivity (Wildman–Crippen MR) is 110 cm³/mol. The predicted octanol–water partition coefficient (Wildman–Crippen LogP) is 4.77. The summed E-state index contributed by atoms with van der Waals surface area (Å²) < 4.78 is 1.71. The molecule has 0 saturated heterocycles. The number of benzene rings is 2. The Morgan fingerprint density at radius 2 is 1.59 bits per heavy atom. The number of fused-ring (bicyclic) bond motifs is 1. The monoisotopic (exact) mass is 362 g/mol. The summed E-state index contributed by atoms with van der Waals surface area (Å²) >= 11 is 0. The van der Waals surface area contributed by atoms with Crippen LogP contribution >= 0.6 is 0 Å². The highest BCUT2D eigenvalue weighted by molar-refractivity contribution is 6.07. The van der Waals surface area contributed by atoms with Gasteiger partial charge in [-0.05, 0) is 38.8 Å². The zero-order valence-electron chi connectivity index (χ0n) is 16.3. The standard InChI is InChI=1S/C23H26N2O2/c1-5-20(17-11-7-6-8-12-17)24-22(26)21-16(4)25(15(2)3)23(27)19-14-10-9-13-18(19)21/h6-15,20H,5H2,1-4H3,(H,24,26). The fourth-order valence-corrected chi connectivity index (χ4v) is 3.73. The summed E-state index contributed by atoms with van der Waals surface area (Å²) in [5, 5.41) is 4.45. The molecule has 3 rings (SSSR count). The second-order valence-corrected chi connectivity index (χ2v) is 7.12. The number of aromatic nitrogens is 1. The van der Waals surface area contributed by atoms with Gasteiger partial charge in [0.15, 0.2) is 0 Å². The van der Waals surface area contributed by atoms with Gasteiger partial charge < -0.3 is 9.88 Å². The molecule has 4 heteroatoms. The van der Waals surface area contributed by atoms with Crippen molar-refractivity contribution in [1.29, 1.82) is 0 Å². The molecule has 1 N–H and O–H groups in total. The van der Waals surface area contributed by atoms with Crippen LogP contribution in [0.15, 0.2) is 59.4 Å². The Labute approximate surface area is 159 Å². The second kappa shape index (κ2) is 7.78. The molecule has 27 heavy (non-hydrogen) atoms. The van der Waals surface area contributed by atoms with Crippen molar-refractivity contribution in [2.75, 3.05) is 0 Å². The Hall–Kier alpha value is -2.88. The Morgan fingerprint density at radius 1 is 1.00 bits per heavy atom. The zero-order valence-corrected chi connectivity index (χ0v) is 16.3. The topological polar surface area (TPSA) is 51.1 Å². The molecule has 0 aliphatic heterocycles. The lowest BCUT2D eigenvalue weighted by Crippen LogP contribution is -2.33. The van der Waals surface area contributed by atoms with Gasteiger partial charge in [0.2, 0.25) is 0 Å². The minimum Gasteiger partial charge on any atom is -0.345 e. The lowest BCUT2D eigenvalue weighted by atomic mass is 10.0.